The third-order valence-corrected chi connectivity index (χ3v) is 4.66. The Morgan fingerprint density at radius 3 is 2.40 bits per heavy atom. The van der Waals surface area contributed by atoms with Gasteiger partial charge in [-0.2, -0.15) is 0 Å². The average molecular weight is 271 g/mol. The molecule has 2 saturated carbocycles. The highest BCUT2D eigenvalue weighted by atomic mass is 15.3. The molecular formula is C17H25N3. The number of hydrogen-bond acceptors (Lipinski definition) is 2. The molecule has 2 unspecified atom stereocenters. The Hall–Kier alpha value is -1.35. The standard InChI is InChI=1S/C17H25N3/c18-20-17(19-14-10-6-1-2-7-11-14)16-12-15(16)13-8-4-3-5-9-13/h3-5,8-9,14-16H,1-2,6-7,10-12,18H2,(H,19,20). The van der Waals surface area contributed by atoms with Crippen molar-refractivity contribution in [2.45, 2.75) is 56.9 Å². The molecule has 0 saturated heterocycles. The second-order valence-corrected chi connectivity index (χ2v) is 6.16. The Balaban J connectivity index is 1.65. The number of benzene rings is 1. The smallest absolute Gasteiger partial charge is 0.114 e. The van der Waals surface area contributed by atoms with Gasteiger partial charge in [-0.1, -0.05) is 56.0 Å². The number of nitrogens with zero attached hydrogens (tertiary/aromatic N) is 1. The highest BCUT2D eigenvalue weighted by Gasteiger charge is 2.42. The minimum atomic E-state index is 0.487. The van der Waals surface area contributed by atoms with Gasteiger partial charge < -0.3 is 5.43 Å². The van der Waals surface area contributed by atoms with E-state index in [1.165, 1.54) is 50.5 Å². The molecule has 1 aromatic rings. The van der Waals surface area contributed by atoms with Gasteiger partial charge in [0, 0.05) is 5.92 Å². The van der Waals surface area contributed by atoms with Gasteiger partial charge in [0.1, 0.15) is 5.84 Å². The highest BCUT2D eigenvalue weighted by Crippen LogP contribution is 2.47. The summed E-state index contributed by atoms with van der Waals surface area (Å²) >= 11 is 0. The zero-order chi connectivity index (χ0) is 13.8. The van der Waals surface area contributed by atoms with Crippen LogP contribution in [0, 0.1) is 5.92 Å². The van der Waals surface area contributed by atoms with Crippen molar-refractivity contribution in [2.24, 2.45) is 16.8 Å². The Morgan fingerprint density at radius 2 is 1.75 bits per heavy atom. The van der Waals surface area contributed by atoms with Crippen molar-refractivity contribution in [1.82, 2.24) is 5.43 Å². The van der Waals surface area contributed by atoms with E-state index in [4.69, 9.17) is 10.8 Å². The fourth-order valence-electron chi connectivity index (χ4n) is 3.39. The summed E-state index contributed by atoms with van der Waals surface area (Å²) in [5.41, 5.74) is 4.30. The van der Waals surface area contributed by atoms with Crippen molar-refractivity contribution in [2.75, 3.05) is 0 Å². The Labute approximate surface area is 121 Å². The lowest BCUT2D eigenvalue weighted by molar-refractivity contribution is 0.580. The first-order valence-electron chi connectivity index (χ1n) is 7.97. The van der Waals surface area contributed by atoms with E-state index >= 15 is 0 Å². The van der Waals surface area contributed by atoms with Gasteiger partial charge in [-0.25, -0.2) is 5.84 Å². The zero-order valence-corrected chi connectivity index (χ0v) is 12.1. The molecule has 0 heterocycles. The minimum absolute atomic E-state index is 0.487. The summed E-state index contributed by atoms with van der Waals surface area (Å²) in [6, 6.07) is 11.2. The average Bonchev–Trinajstić information content (AvgIpc) is 3.30. The van der Waals surface area contributed by atoms with E-state index in [9.17, 15) is 0 Å². The lowest BCUT2D eigenvalue weighted by Gasteiger charge is -2.12. The van der Waals surface area contributed by atoms with Gasteiger partial charge in [0.25, 0.3) is 0 Å². The summed E-state index contributed by atoms with van der Waals surface area (Å²) in [7, 11) is 0. The summed E-state index contributed by atoms with van der Waals surface area (Å²) in [5.74, 6) is 7.88. The Bertz CT molecular complexity index is 447. The predicted molar refractivity (Wildman–Crippen MR) is 83.5 cm³/mol. The summed E-state index contributed by atoms with van der Waals surface area (Å²) < 4.78 is 0. The van der Waals surface area contributed by atoms with E-state index in [0.717, 1.165) is 5.84 Å². The van der Waals surface area contributed by atoms with E-state index in [2.05, 4.69) is 35.8 Å². The molecule has 20 heavy (non-hydrogen) atoms. The molecule has 0 spiro atoms. The molecular weight excluding hydrogens is 246 g/mol. The first kappa shape index (κ1) is 13.6. The van der Waals surface area contributed by atoms with Crippen molar-refractivity contribution in [3.63, 3.8) is 0 Å². The van der Waals surface area contributed by atoms with Gasteiger partial charge >= 0.3 is 0 Å². The van der Waals surface area contributed by atoms with Crippen LogP contribution >= 0.6 is 0 Å². The summed E-state index contributed by atoms with van der Waals surface area (Å²) in [6.45, 7) is 0. The molecule has 0 bridgehead atoms. The van der Waals surface area contributed by atoms with Gasteiger partial charge in [0.2, 0.25) is 0 Å². The highest BCUT2D eigenvalue weighted by molar-refractivity contribution is 5.88. The van der Waals surface area contributed by atoms with Crippen molar-refractivity contribution >= 4 is 5.84 Å². The van der Waals surface area contributed by atoms with Gasteiger partial charge in [-0.05, 0) is 30.7 Å². The van der Waals surface area contributed by atoms with Crippen LogP contribution in [-0.4, -0.2) is 11.9 Å². The van der Waals surface area contributed by atoms with E-state index < -0.39 is 0 Å². The van der Waals surface area contributed by atoms with Crippen LogP contribution in [-0.2, 0) is 0 Å². The van der Waals surface area contributed by atoms with Crippen LogP contribution in [0.3, 0.4) is 0 Å². The minimum Gasteiger partial charge on any atom is -0.312 e. The normalized spacial score (nSPS) is 27.9. The van der Waals surface area contributed by atoms with Gasteiger partial charge in [-0.15, -0.1) is 0 Å². The molecule has 0 amide bonds. The van der Waals surface area contributed by atoms with Crippen molar-refractivity contribution < 1.29 is 0 Å². The first-order valence-corrected chi connectivity index (χ1v) is 7.97. The molecule has 0 aromatic heterocycles. The number of nitrogens with one attached hydrogen (secondary N) is 1. The van der Waals surface area contributed by atoms with Gasteiger partial charge in [-0.3, -0.25) is 4.99 Å². The lowest BCUT2D eigenvalue weighted by atomic mass is 10.1. The SMILES string of the molecule is NNC(=NC1CCCCCC1)C1CC1c1ccccc1. The van der Waals surface area contributed by atoms with Crippen molar-refractivity contribution in [3.8, 4) is 0 Å². The fraction of sp³-hybridized carbons (Fsp3) is 0.588. The Kier molecular flexibility index (Phi) is 4.36. The van der Waals surface area contributed by atoms with Crippen LogP contribution < -0.4 is 11.3 Å². The number of hydrazine groups is 1. The molecule has 3 N–H and O–H groups in total. The monoisotopic (exact) mass is 271 g/mol. The molecule has 0 aliphatic heterocycles. The quantitative estimate of drug-likeness (QED) is 0.291. The van der Waals surface area contributed by atoms with Crippen molar-refractivity contribution in [3.05, 3.63) is 35.9 Å². The largest absolute Gasteiger partial charge is 0.312 e. The number of hydrogen-bond donors (Lipinski definition) is 2. The molecule has 2 fully saturated rings. The summed E-state index contributed by atoms with van der Waals surface area (Å²) in [5, 5.41) is 0. The predicted octanol–water partition coefficient (Wildman–Crippen LogP) is 3.37. The molecule has 3 heteroatoms. The Morgan fingerprint density at radius 1 is 1.05 bits per heavy atom. The van der Waals surface area contributed by atoms with Gasteiger partial charge in [0.15, 0.2) is 0 Å². The van der Waals surface area contributed by atoms with E-state index in [0.29, 0.717) is 17.9 Å². The molecule has 0 radical (unpaired) electrons. The molecule has 3 nitrogen and oxygen atoms in total. The molecule has 3 rings (SSSR count). The van der Waals surface area contributed by atoms with Crippen LogP contribution in [0.15, 0.2) is 35.3 Å². The summed E-state index contributed by atoms with van der Waals surface area (Å²) in [6.07, 6.45) is 9.01. The van der Waals surface area contributed by atoms with E-state index in [1.54, 1.807) is 0 Å². The molecule has 2 aliphatic carbocycles. The molecule has 108 valence electrons. The number of aliphatic imine (C=N–C) groups is 1. The van der Waals surface area contributed by atoms with Crippen LogP contribution in [0.5, 0.6) is 0 Å². The van der Waals surface area contributed by atoms with E-state index in [1.807, 2.05) is 0 Å². The van der Waals surface area contributed by atoms with Crippen molar-refractivity contribution in [1.29, 1.82) is 0 Å². The second kappa shape index (κ2) is 6.40. The third-order valence-electron chi connectivity index (χ3n) is 4.66. The first-order chi connectivity index (χ1) is 9.88. The fourth-order valence-corrected chi connectivity index (χ4v) is 3.39. The topological polar surface area (TPSA) is 50.4 Å². The van der Waals surface area contributed by atoms with Crippen LogP contribution in [0.4, 0.5) is 0 Å². The zero-order valence-electron chi connectivity index (χ0n) is 12.1. The third kappa shape index (κ3) is 3.21. The number of rotatable bonds is 3. The van der Waals surface area contributed by atoms with E-state index in [-0.39, 0.29) is 0 Å². The number of nitrogens with two attached hydrogens (primary N) is 1. The van der Waals surface area contributed by atoms with Crippen LogP contribution in [0.1, 0.15) is 56.4 Å². The van der Waals surface area contributed by atoms with Gasteiger partial charge in [0.05, 0.1) is 6.04 Å². The molecule has 2 atom stereocenters. The maximum atomic E-state index is 5.73. The summed E-state index contributed by atoms with van der Waals surface area (Å²) in [4.78, 5) is 4.93. The lowest BCUT2D eigenvalue weighted by Crippen LogP contribution is -2.33. The molecule has 2 aliphatic rings. The van der Waals surface area contributed by atoms with Crippen LogP contribution in [0.25, 0.3) is 0 Å². The maximum Gasteiger partial charge on any atom is 0.114 e. The van der Waals surface area contributed by atoms with Crippen LogP contribution in [0.2, 0.25) is 0 Å². The second-order valence-electron chi connectivity index (χ2n) is 6.16. The number of amidine groups is 1. The maximum absolute atomic E-state index is 5.73. The molecule has 1 aromatic carbocycles.